The number of rotatable bonds is 8. The van der Waals surface area contributed by atoms with Gasteiger partial charge in [0.05, 0.1) is 6.67 Å². The van der Waals surface area contributed by atoms with Gasteiger partial charge >= 0.3 is 34.6 Å². The molecule has 0 N–H and O–H groups in total. The number of hydrogen-bond acceptors (Lipinski definition) is 9. The molecule has 1 atom stereocenters. The van der Waals surface area contributed by atoms with Crippen molar-refractivity contribution in [3.05, 3.63) is 34.0 Å². The van der Waals surface area contributed by atoms with E-state index in [1.54, 1.807) is 0 Å². The molecule has 0 aliphatic heterocycles. The number of benzene rings is 1. The third-order valence-electron chi connectivity index (χ3n) is 3.24. The summed E-state index contributed by atoms with van der Waals surface area (Å²) in [4.78, 5) is 1.77. The molecule has 0 aromatic heterocycles. The van der Waals surface area contributed by atoms with Crippen LogP contribution in [0.3, 0.4) is 0 Å². The fourth-order valence-electron chi connectivity index (χ4n) is 1.67. The Bertz CT molecular complexity index is 1220. The van der Waals surface area contributed by atoms with Crippen molar-refractivity contribution in [3.8, 4) is 0 Å². The van der Waals surface area contributed by atoms with Crippen molar-refractivity contribution in [2.75, 3.05) is 38.7 Å². The first-order valence-corrected chi connectivity index (χ1v) is 16.9. The summed E-state index contributed by atoms with van der Waals surface area (Å²) in [6, 6.07) is 4.89. The molecule has 0 amide bonds. The summed E-state index contributed by atoms with van der Waals surface area (Å²) in [5.74, 6) is 0.137. The topological polar surface area (TPSA) is 160 Å². The smallest absolute Gasteiger partial charge is 0.424 e. The molecule has 0 saturated carbocycles. The van der Waals surface area contributed by atoms with E-state index in [0.717, 1.165) is 24.1 Å². The quantitative estimate of drug-likeness (QED) is 0.221. The summed E-state index contributed by atoms with van der Waals surface area (Å²) in [7, 11) is -19.6. The molecule has 10 nitrogen and oxygen atoms in total. The largest absolute Gasteiger partial charge is 1.00 e. The number of nitrogens with zero attached hydrogens (tertiary/aromatic N) is 1. The Labute approximate surface area is 261 Å². The minimum atomic E-state index is -6.10. The predicted octanol–water partition coefficient (Wildman–Crippen LogP) is 2.96. The molecule has 44 heavy (non-hydrogen) atoms. The van der Waals surface area contributed by atoms with E-state index in [4.69, 9.17) is 0 Å². The van der Waals surface area contributed by atoms with Gasteiger partial charge in [0.15, 0.2) is 24.9 Å². The molecule has 262 valence electrons. The summed E-state index contributed by atoms with van der Waals surface area (Å²) < 4.78 is 203. The normalized spacial score (nSPS) is 11.8. The second-order valence-electron chi connectivity index (χ2n) is 6.62. The van der Waals surface area contributed by atoms with Crippen molar-refractivity contribution in [2.24, 2.45) is 0 Å². The van der Waals surface area contributed by atoms with Crippen LogP contribution >= 0.6 is 0 Å². The Morgan fingerprint density at radius 2 is 1.14 bits per heavy atom. The van der Waals surface area contributed by atoms with Crippen LogP contribution in [0, 0.1) is 0 Å². The monoisotopic (exact) mass is 747 g/mol. The molecule has 0 radical (unpaired) electrons. The fraction of sp³-hybridized carbons (Fsp3) is 0.667. The number of hydrogen-bond donors (Lipinski definition) is 0. The molecule has 1 unspecified atom stereocenters. The van der Waals surface area contributed by atoms with Crippen LogP contribution in [-0.2, 0) is 45.0 Å². The first-order valence-electron chi connectivity index (χ1n) is 10.4. The summed E-state index contributed by atoms with van der Waals surface area (Å²) in [6.07, 6.45) is 1.43. The van der Waals surface area contributed by atoms with Crippen molar-refractivity contribution >= 4 is 40.1 Å². The summed E-state index contributed by atoms with van der Waals surface area (Å²) in [5, 5.41) is -1.43. The molecule has 26 heteroatoms. The Balaban J connectivity index is -0.000000129. The molecule has 1 aromatic rings. The molecule has 0 aliphatic rings. The maximum absolute atomic E-state index is 12.1. The van der Waals surface area contributed by atoms with E-state index in [-0.39, 0.29) is 31.5 Å². The van der Waals surface area contributed by atoms with Gasteiger partial charge in [-0.2, -0.15) is 26.5 Å². The van der Waals surface area contributed by atoms with Crippen LogP contribution in [0.1, 0.15) is 38.7 Å². The van der Waals surface area contributed by atoms with Gasteiger partial charge in [-0.25, -0.2) is 47.2 Å². The minimum absolute atomic E-state index is 0. The maximum Gasteiger partial charge on any atom is 1.00 e. The zero-order valence-corrected chi connectivity index (χ0v) is 26.8. The van der Waals surface area contributed by atoms with Crippen molar-refractivity contribution in [2.45, 2.75) is 43.5 Å². The van der Waals surface area contributed by atoms with Crippen LogP contribution in [0.5, 0.6) is 0 Å². The SMILES string of the molecule is CCC(C)c1ccc(S(=O)(=O)[N-]S(=O)(=O)C(F)(F)F)cc1.CCF.CS(=O)(=O)CS(=O)(=O)F.FCF.FCF.FCOF.[Li+]. The van der Waals surface area contributed by atoms with E-state index in [9.17, 15) is 81.6 Å². The Kier molecular flexibility index (Phi) is 35.2. The van der Waals surface area contributed by atoms with Gasteiger partial charge in [0.1, 0.15) is 10.0 Å². The van der Waals surface area contributed by atoms with Gasteiger partial charge in [0, 0.05) is 11.2 Å². The van der Waals surface area contributed by atoms with Crippen LogP contribution in [0.15, 0.2) is 29.2 Å². The van der Waals surface area contributed by atoms with E-state index >= 15 is 0 Å². The second-order valence-corrected chi connectivity index (χ2v) is 13.9. The van der Waals surface area contributed by atoms with E-state index in [1.165, 1.54) is 19.1 Å². The molecule has 0 heterocycles. The van der Waals surface area contributed by atoms with Gasteiger partial charge in [-0.05, 0) is 41.5 Å². The Hall–Kier alpha value is -1.23. The molecule has 0 aliphatic carbocycles. The summed E-state index contributed by atoms with van der Waals surface area (Å²) in [6.45, 7) is 0.169. The maximum atomic E-state index is 12.1. The van der Waals surface area contributed by atoms with Crippen molar-refractivity contribution < 1.29 is 105 Å². The zero-order chi connectivity index (χ0) is 35.7. The predicted molar refractivity (Wildman–Crippen MR) is 134 cm³/mol. The van der Waals surface area contributed by atoms with Crippen molar-refractivity contribution in [3.63, 3.8) is 0 Å². The van der Waals surface area contributed by atoms with Gasteiger partial charge in [0.25, 0.3) is 0 Å². The Morgan fingerprint density at radius 3 is 1.32 bits per heavy atom. The third-order valence-corrected chi connectivity index (χ3v) is 9.11. The zero-order valence-electron chi connectivity index (χ0n) is 23.5. The number of halogens is 11. The molecule has 0 bridgehead atoms. The van der Waals surface area contributed by atoms with Gasteiger partial charge in [0.2, 0.25) is 20.7 Å². The number of alkyl halides is 9. The molecule has 1 aromatic carbocycles. The minimum Gasteiger partial charge on any atom is -0.424 e. The number of sulfonamides is 2. The van der Waals surface area contributed by atoms with Gasteiger partial charge < -0.3 is 4.13 Å². The van der Waals surface area contributed by atoms with E-state index in [0.29, 0.717) is 6.26 Å². The molecule has 0 saturated heterocycles. The van der Waals surface area contributed by atoms with E-state index in [1.807, 2.05) is 18.0 Å². The fourth-order valence-corrected chi connectivity index (χ4v) is 5.92. The Morgan fingerprint density at radius 1 is 0.818 bits per heavy atom. The van der Waals surface area contributed by atoms with Gasteiger partial charge in [-0.15, -0.1) is 3.89 Å². The third kappa shape index (κ3) is 35.2. The van der Waals surface area contributed by atoms with Gasteiger partial charge in [-0.1, -0.05) is 26.0 Å². The molecular formula is C18H29F11LiNO9S4. The first kappa shape index (κ1) is 55.2. The summed E-state index contributed by atoms with van der Waals surface area (Å²) in [5.41, 5.74) is -4.97. The standard InChI is InChI=1S/C11H13F3NO4S2.C2H5FO4S2.C2H5F.CH2F2O.2CH2F2.Li/c1-3-8(2)9-4-6-10(7-5-9)20(16,17)15-21(18,19)11(12,13)14;1-8(4,5)2-9(3,6)7;1-2-3;2-1-4-3;2*2-1-3;/h4-8H,3H2,1-2H3;2H2,1H3;2H2,1H3;1H2;2*1H2;/q-1;;;;;;+1. The van der Waals surface area contributed by atoms with Crippen LogP contribution < -0.4 is 18.9 Å². The average molecular weight is 748 g/mol. The average Bonchev–Trinajstić information content (AvgIpc) is 2.82. The van der Waals surface area contributed by atoms with Crippen LogP contribution in [0.2, 0.25) is 0 Å². The molecule has 1 rings (SSSR count). The summed E-state index contributed by atoms with van der Waals surface area (Å²) >= 11 is 0. The van der Waals surface area contributed by atoms with Crippen molar-refractivity contribution in [1.82, 2.24) is 0 Å². The second kappa shape index (κ2) is 28.0. The first-order chi connectivity index (χ1) is 19.3. The van der Waals surface area contributed by atoms with Gasteiger partial charge in [-0.3, -0.25) is 4.39 Å². The van der Waals surface area contributed by atoms with Crippen LogP contribution in [0.4, 0.5) is 47.9 Å². The van der Waals surface area contributed by atoms with Crippen LogP contribution in [-0.4, -0.2) is 77.9 Å². The van der Waals surface area contributed by atoms with Crippen LogP contribution in [0.25, 0.3) is 4.13 Å². The number of sulfone groups is 1. The molecule has 0 fully saturated rings. The van der Waals surface area contributed by atoms with Crippen molar-refractivity contribution in [1.29, 1.82) is 0 Å². The molecular weight excluding hydrogens is 718 g/mol. The molecule has 0 spiro atoms. The van der Waals surface area contributed by atoms with E-state index < -0.39 is 76.3 Å². The van der Waals surface area contributed by atoms with E-state index in [2.05, 4.69) is 4.94 Å².